The van der Waals surface area contributed by atoms with Crippen LogP contribution in [0, 0.1) is 48.5 Å². The molecule has 0 bridgehead atoms. The minimum Gasteiger partial charge on any atom is -0.496 e. The summed E-state index contributed by atoms with van der Waals surface area (Å²) >= 11 is 12.3. The van der Waals surface area contributed by atoms with Gasteiger partial charge in [-0.15, -0.1) is 5.10 Å². The molecule has 106 heavy (non-hydrogen) atoms. The number of aryl methyl sites for hydroxylation is 7. The third-order valence-electron chi connectivity index (χ3n) is 14.8. The van der Waals surface area contributed by atoms with Gasteiger partial charge in [-0.05, 0) is 132 Å². The summed E-state index contributed by atoms with van der Waals surface area (Å²) in [4.78, 5) is 82.6. The molecule has 0 unspecified atom stereocenters. The zero-order valence-electron chi connectivity index (χ0n) is 59.0. The van der Waals surface area contributed by atoms with Crippen LogP contribution in [0.3, 0.4) is 0 Å². The Hall–Kier alpha value is -13.0. The first kappa shape index (κ1) is 77.1. The Morgan fingerprint density at radius 2 is 0.972 bits per heavy atom. The van der Waals surface area contributed by atoms with E-state index in [1.807, 2.05) is 139 Å². The number of aromatic nitrogens is 18. The highest BCUT2D eigenvalue weighted by molar-refractivity contribution is 6.58. The van der Waals surface area contributed by atoms with Gasteiger partial charge in [0.1, 0.15) is 28.5 Å². The quantitative estimate of drug-likeness (QED) is 0.0389. The van der Waals surface area contributed by atoms with E-state index in [9.17, 15) is 14.4 Å². The van der Waals surface area contributed by atoms with Crippen LogP contribution >= 0.6 is 23.2 Å². The molecule has 13 aromatic rings. The highest BCUT2D eigenvalue weighted by atomic mass is 35.5. The smallest absolute Gasteiger partial charge is 0.488 e. The standard InChI is InChI=1S/C24H25N7O2.C18H15ClN8O3.C17H17ClN6O2.C7H10BNO2.C4H6N2/c1-14-9-10-31(30-14)23-20(18-11-15(2)27-16(3)12-18)28-21(22(25)29-23)24(32)26-13-17-7-5-6-8-19(17)33-4;1-29-12-7-3-2-5-10(12)9-22-17(28)13-15(20)24-18(14(19)23-13)30-27-16-11(25-26-27)6-4-8-21-16;1-10-7-8-24(23-10)16-14(18)21-13(15(19)22-16)17(25)20-9-11-5-3-4-6-12(11)26-2;1-5-3-7(8(10)11)4-6(2)9-5;1-4-2-3-5-6-4/h5-12H,13H2,1-4H3,(H2,25,29)(H,26,32);2-8H,9H2,1H3,(H2,20,24)(H,22,28);3-8H,9H2,1-2H3,(H2,19,22)(H,20,25);3-4,10-11H,1-2H3;2-3H,1H3,(H,5,6). The number of benzene rings is 3. The Bertz CT molecular complexity index is 5180. The summed E-state index contributed by atoms with van der Waals surface area (Å²) in [5.74, 6) is 0.919. The summed E-state index contributed by atoms with van der Waals surface area (Å²) in [6.45, 7) is 13.8. The number of carbonyl (C=O) groups is 3. The Balaban J connectivity index is 0.000000166. The van der Waals surface area contributed by atoms with Crippen molar-refractivity contribution in [3.63, 3.8) is 0 Å². The number of hydrogen-bond donors (Lipinski definition) is 9. The average Bonchev–Trinajstić information content (AvgIpc) is 1.27. The number of ether oxygens (including phenoxy) is 3. The maximum Gasteiger partial charge on any atom is 0.488 e. The highest BCUT2D eigenvalue weighted by Crippen LogP contribution is 2.29. The summed E-state index contributed by atoms with van der Waals surface area (Å²) in [7, 11) is 3.32. The molecule has 0 aliphatic carbocycles. The molecule has 36 heteroatoms. The molecule has 0 fully saturated rings. The van der Waals surface area contributed by atoms with Crippen LogP contribution in [0.25, 0.3) is 34.1 Å². The fourth-order valence-corrected chi connectivity index (χ4v) is 10.3. The first-order chi connectivity index (χ1) is 50.9. The van der Waals surface area contributed by atoms with E-state index in [-0.39, 0.29) is 76.2 Å². The minimum absolute atomic E-state index is 0.0157. The van der Waals surface area contributed by atoms with Crippen molar-refractivity contribution in [2.24, 2.45) is 0 Å². The molecule has 0 radical (unpaired) electrons. The Morgan fingerprint density at radius 1 is 0.519 bits per heavy atom. The van der Waals surface area contributed by atoms with Gasteiger partial charge in [-0.3, -0.25) is 29.5 Å². The molecule has 544 valence electrons. The molecule has 10 aromatic heterocycles. The summed E-state index contributed by atoms with van der Waals surface area (Å²) in [6.07, 6.45) is 6.76. The van der Waals surface area contributed by atoms with Crippen molar-refractivity contribution in [2.45, 2.75) is 68.1 Å². The largest absolute Gasteiger partial charge is 0.496 e. The molecular weight excluding hydrogens is 1400 g/mol. The summed E-state index contributed by atoms with van der Waals surface area (Å²) in [5.41, 5.74) is 28.9. The third kappa shape index (κ3) is 20.4. The van der Waals surface area contributed by atoms with Crippen molar-refractivity contribution in [2.75, 3.05) is 38.5 Å². The molecule has 33 nitrogen and oxygen atoms in total. The van der Waals surface area contributed by atoms with Crippen LogP contribution in [0.4, 0.5) is 17.5 Å². The fourth-order valence-electron chi connectivity index (χ4n) is 9.92. The molecule has 3 aromatic carbocycles. The van der Waals surface area contributed by atoms with Crippen molar-refractivity contribution < 1.29 is 43.5 Å². The zero-order chi connectivity index (χ0) is 76.1. The number of pyridine rings is 3. The van der Waals surface area contributed by atoms with Crippen LogP contribution in [-0.4, -0.2) is 146 Å². The number of amides is 3. The fraction of sp³-hybridized carbons (Fsp3) is 0.186. The zero-order valence-corrected chi connectivity index (χ0v) is 60.5. The summed E-state index contributed by atoms with van der Waals surface area (Å²) < 4.78 is 18.9. The molecule has 3 amide bonds. The van der Waals surface area contributed by atoms with Crippen LogP contribution in [0.2, 0.25) is 10.3 Å². The number of rotatable bonds is 18. The van der Waals surface area contributed by atoms with E-state index in [4.69, 9.17) is 69.5 Å². The van der Waals surface area contributed by atoms with Crippen LogP contribution in [0.5, 0.6) is 23.1 Å². The van der Waals surface area contributed by atoms with Crippen molar-refractivity contribution in [1.29, 1.82) is 0 Å². The van der Waals surface area contributed by atoms with E-state index in [1.54, 1.807) is 87.2 Å². The van der Waals surface area contributed by atoms with Crippen LogP contribution in [0.1, 0.15) is 88.0 Å². The van der Waals surface area contributed by atoms with E-state index >= 15 is 0 Å². The maximum absolute atomic E-state index is 13.0. The van der Waals surface area contributed by atoms with Crippen molar-refractivity contribution in [3.8, 4) is 46.0 Å². The third-order valence-corrected chi connectivity index (χ3v) is 15.3. The number of fused-ring (bicyclic) bond motifs is 1. The van der Waals surface area contributed by atoms with Gasteiger partial charge in [0.05, 0.1) is 32.7 Å². The van der Waals surface area contributed by atoms with E-state index in [0.717, 1.165) is 67.0 Å². The molecule has 0 saturated carbocycles. The van der Waals surface area contributed by atoms with Gasteiger partial charge >= 0.3 is 7.12 Å². The molecule has 0 aliphatic rings. The number of hydrogen-bond acceptors (Lipinski definition) is 26. The lowest BCUT2D eigenvalue weighted by Crippen LogP contribution is -2.30. The number of methoxy groups -OCH3 is 3. The molecule has 0 saturated heterocycles. The predicted molar refractivity (Wildman–Crippen MR) is 396 cm³/mol. The van der Waals surface area contributed by atoms with Gasteiger partial charge in [-0.25, -0.2) is 39.3 Å². The first-order valence-corrected chi connectivity index (χ1v) is 32.8. The van der Waals surface area contributed by atoms with Gasteiger partial charge in [-0.1, -0.05) is 82.6 Å². The number of H-pyrrole nitrogens is 1. The van der Waals surface area contributed by atoms with E-state index in [1.165, 1.54) is 4.68 Å². The lowest BCUT2D eigenvalue weighted by Gasteiger charge is -2.14. The maximum atomic E-state index is 13.0. The number of para-hydroxylation sites is 3. The van der Waals surface area contributed by atoms with Gasteiger partial charge in [0.2, 0.25) is 5.65 Å². The number of nitrogen functional groups attached to an aromatic ring is 3. The van der Waals surface area contributed by atoms with Gasteiger partial charge in [0.25, 0.3) is 23.6 Å². The monoisotopic (exact) mass is 1470 g/mol. The second-order valence-electron chi connectivity index (χ2n) is 22.9. The highest BCUT2D eigenvalue weighted by Gasteiger charge is 2.24. The number of anilines is 3. The predicted octanol–water partition coefficient (Wildman–Crippen LogP) is 7.04. The molecule has 0 spiro atoms. The summed E-state index contributed by atoms with van der Waals surface area (Å²) in [6, 6.07) is 38.2. The Labute approximate surface area is 617 Å². The van der Waals surface area contributed by atoms with E-state index in [2.05, 4.69) is 91.5 Å². The number of nitrogens with two attached hydrogens (primary N) is 3. The Kier molecular flexibility index (Phi) is 26.3. The number of aromatic amines is 1. The minimum atomic E-state index is -1.39. The van der Waals surface area contributed by atoms with E-state index in [0.29, 0.717) is 45.4 Å². The lowest BCUT2D eigenvalue weighted by molar-refractivity contribution is 0.0937. The SMILES string of the molecule is COc1ccccc1CNC(=O)c1nc(-c2cc(C)nc(C)c2)c(-n2ccc(C)n2)nc1N.COc1ccccc1CNC(=O)c1nc(Cl)c(-n2ccc(C)n2)nc1N.COc1ccccc1CNC(=O)c1nc(Cl)c(On2nnc3cccnc32)nc1N.Cc1cc(B(O)O)cc(C)n1.Cc1ccn[nH]1. The number of nitrogens with zero attached hydrogens (tertiary/aromatic N) is 17. The van der Waals surface area contributed by atoms with Crippen molar-refractivity contribution in [3.05, 3.63) is 236 Å². The second kappa shape index (κ2) is 36.2. The van der Waals surface area contributed by atoms with Crippen LogP contribution < -0.4 is 57.7 Å². The van der Waals surface area contributed by atoms with Gasteiger partial charge < -0.3 is 62.2 Å². The molecule has 0 atom stereocenters. The van der Waals surface area contributed by atoms with Crippen LogP contribution in [0.15, 0.2) is 152 Å². The lowest BCUT2D eigenvalue weighted by atomic mass is 9.80. The van der Waals surface area contributed by atoms with E-state index < -0.39 is 24.8 Å². The van der Waals surface area contributed by atoms with Crippen molar-refractivity contribution >= 4 is 82.1 Å². The summed E-state index contributed by atoms with van der Waals surface area (Å²) in [5, 5.41) is 48.6. The molecule has 13 rings (SSSR count). The number of halogens is 2. The number of nitrogens with one attached hydrogen (secondary N) is 4. The normalized spacial score (nSPS) is 10.5. The second-order valence-corrected chi connectivity index (χ2v) is 23.6. The molecular formula is C70H73BCl2N24O9. The van der Waals surface area contributed by atoms with Gasteiger partial charge in [0.15, 0.2) is 56.5 Å². The van der Waals surface area contributed by atoms with Gasteiger partial charge in [-0.2, -0.15) is 20.3 Å². The van der Waals surface area contributed by atoms with Gasteiger partial charge in [0, 0.05) is 95.1 Å². The molecule has 12 N–H and O–H groups in total. The topological polar surface area (TPSA) is 454 Å². The Morgan fingerprint density at radius 3 is 1.42 bits per heavy atom. The molecule has 10 heterocycles. The van der Waals surface area contributed by atoms with Crippen molar-refractivity contribution in [1.82, 2.24) is 106 Å². The van der Waals surface area contributed by atoms with Crippen LogP contribution in [-0.2, 0) is 19.6 Å². The molecule has 0 aliphatic heterocycles. The average molecular weight is 1480 g/mol. The first-order valence-electron chi connectivity index (χ1n) is 32.1. The number of carbonyl (C=O) groups excluding carboxylic acids is 3.